The lowest BCUT2D eigenvalue weighted by Gasteiger charge is -2.26. The van der Waals surface area contributed by atoms with Crippen LogP contribution < -0.4 is 16.6 Å². The van der Waals surface area contributed by atoms with Crippen LogP contribution in [0.15, 0.2) is 0 Å². The summed E-state index contributed by atoms with van der Waals surface area (Å²) in [5.74, 6) is 0.205. The molecule has 0 saturated heterocycles. The van der Waals surface area contributed by atoms with E-state index in [-0.39, 0.29) is 16.4 Å². The van der Waals surface area contributed by atoms with E-state index in [4.69, 9.17) is 5.73 Å². The van der Waals surface area contributed by atoms with E-state index in [1.165, 1.54) is 0 Å². The van der Waals surface area contributed by atoms with Gasteiger partial charge in [-0.2, -0.15) is 0 Å². The average Bonchev–Trinajstić information content (AvgIpc) is 1.99. The van der Waals surface area contributed by atoms with Crippen molar-refractivity contribution in [3.05, 3.63) is 0 Å². The molecule has 0 fully saturated rings. The fourth-order valence-corrected chi connectivity index (χ4v) is 0.818. The van der Waals surface area contributed by atoms with Gasteiger partial charge in [0.25, 0.3) is 0 Å². The number of thiocarbonyl (C=S) groups is 1. The standard InChI is InChI=1S/C9H19N3OS/c1-6(9(2,3)4)5-7(13)11-12-8(10)14/h6H,5H2,1-4H3,(H,11,13)(H3,10,12,14). The summed E-state index contributed by atoms with van der Waals surface area (Å²) in [4.78, 5) is 11.3. The van der Waals surface area contributed by atoms with E-state index in [0.29, 0.717) is 12.3 Å². The Morgan fingerprint density at radius 1 is 1.43 bits per heavy atom. The summed E-state index contributed by atoms with van der Waals surface area (Å²) in [6.45, 7) is 8.35. The van der Waals surface area contributed by atoms with E-state index in [1.807, 2.05) is 6.92 Å². The second-order valence-electron chi connectivity index (χ2n) is 4.51. The summed E-state index contributed by atoms with van der Waals surface area (Å²) in [5.41, 5.74) is 10.1. The predicted octanol–water partition coefficient (Wildman–Crippen LogP) is 0.923. The molecular formula is C9H19N3OS. The number of nitrogens with two attached hydrogens (primary N) is 1. The van der Waals surface area contributed by atoms with Gasteiger partial charge in [0.05, 0.1) is 0 Å². The number of carbonyl (C=O) groups excluding carboxylic acids is 1. The lowest BCUT2D eigenvalue weighted by molar-refractivity contribution is -0.123. The molecule has 0 heterocycles. The maximum absolute atomic E-state index is 11.3. The highest BCUT2D eigenvalue weighted by Crippen LogP contribution is 2.27. The zero-order chi connectivity index (χ0) is 11.4. The summed E-state index contributed by atoms with van der Waals surface area (Å²) in [5, 5.41) is 0.0711. The topological polar surface area (TPSA) is 67.2 Å². The summed E-state index contributed by atoms with van der Waals surface area (Å²) in [7, 11) is 0. The molecule has 0 bridgehead atoms. The quantitative estimate of drug-likeness (QED) is 0.475. The highest BCUT2D eigenvalue weighted by Gasteiger charge is 2.22. The molecule has 0 spiro atoms. The number of nitrogens with one attached hydrogen (secondary N) is 2. The fraction of sp³-hybridized carbons (Fsp3) is 0.778. The van der Waals surface area contributed by atoms with E-state index >= 15 is 0 Å². The van der Waals surface area contributed by atoms with Crippen LogP contribution in [0, 0.1) is 11.3 Å². The van der Waals surface area contributed by atoms with Crippen LogP contribution >= 0.6 is 12.2 Å². The van der Waals surface area contributed by atoms with E-state index in [1.54, 1.807) is 0 Å². The second-order valence-corrected chi connectivity index (χ2v) is 4.95. The lowest BCUT2D eigenvalue weighted by Crippen LogP contribution is -2.45. The largest absolute Gasteiger partial charge is 0.375 e. The third kappa shape index (κ3) is 5.75. The van der Waals surface area contributed by atoms with Crippen molar-refractivity contribution in [3.8, 4) is 0 Å². The Balaban J connectivity index is 3.89. The highest BCUT2D eigenvalue weighted by atomic mass is 32.1. The van der Waals surface area contributed by atoms with E-state index in [0.717, 1.165) is 0 Å². The Hall–Kier alpha value is -0.840. The molecule has 0 aliphatic carbocycles. The van der Waals surface area contributed by atoms with Crippen LogP contribution in [0.5, 0.6) is 0 Å². The van der Waals surface area contributed by atoms with Crippen molar-refractivity contribution in [3.63, 3.8) is 0 Å². The number of hydrogen-bond acceptors (Lipinski definition) is 2. The normalized spacial score (nSPS) is 13.1. The maximum Gasteiger partial charge on any atom is 0.238 e. The van der Waals surface area contributed by atoms with Crippen molar-refractivity contribution in [1.82, 2.24) is 10.9 Å². The molecule has 0 radical (unpaired) electrons. The van der Waals surface area contributed by atoms with Gasteiger partial charge in [0, 0.05) is 6.42 Å². The van der Waals surface area contributed by atoms with Crippen LogP contribution in [0.1, 0.15) is 34.1 Å². The zero-order valence-corrected chi connectivity index (χ0v) is 9.99. The van der Waals surface area contributed by atoms with Crippen molar-refractivity contribution >= 4 is 23.2 Å². The van der Waals surface area contributed by atoms with Gasteiger partial charge >= 0.3 is 0 Å². The van der Waals surface area contributed by atoms with Gasteiger partial charge in [-0.15, -0.1) is 0 Å². The molecule has 82 valence electrons. The van der Waals surface area contributed by atoms with Gasteiger partial charge in [-0.3, -0.25) is 15.6 Å². The average molecular weight is 217 g/mol. The molecule has 1 amide bonds. The van der Waals surface area contributed by atoms with Gasteiger partial charge in [0.15, 0.2) is 5.11 Å². The van der Waals surface area contributed by atoms with E-state index < -0.39 is 0 Å². The highest BCUT2D eigenvalue weighted by molar-refractivity contribution is 7.80. The van der Waals surface area contributed by atoms with Crippen LogP contribution in [-0.4, -0.2) is 11.0 Å². The monoisotopic (exact) mass is 217 g/mol. The summed E-state index contributed by atoms with van der Waals surface area (Å²) >= 11 is 4.55. The molecule has 1 atom stereocenters. The number of carbonyl (C=O) groups is 1. The Morgan fingerprint density at radius 3 is 2.29 bits per heavy atom. The summed E-state index contributed by atoms with van der Waals surface area (Å²) in [6, 6.07) is 0. The molecule has 4 nitrogen and oxygen atoms in total. The summed E-state index contributed by atoms with van der Waals surface area (Å²) < 4.78 is 0. The molecule has 0 aromatic carbocycles. The smallest absolute Gasteiger partial charge is 0.238 e. The first-order valence-corrected chi connectivity index (χ1v) is 4.98. The van der Waals surface area contributed by atoms with Gasteiger partial charge in [0.2, 0.25) is 5.91 Å². The molecule has 0 aromatic heterocycles. The van der Waals surface area contributed by atoms with Gasteiger partial charge in [-0.05, 0) is 23.6 Å². The number of hydrogen-bond donors (Lipinski definition) is 3. The molecule has 5 heteroatoms. The Morgan fingerprint density at radius 2 is 1.93 bits per heavy atom. The van der Waals surface area contributed by atoms with Gasteiger partial charge in [-0.25, -0.2) is 0 Å². The number of hydrazine groups is 1. The van der Waals surface area contributed by atoms with Gasteiger partial charge < -0.3 is 5.73 Å². The maximum atomic E-state index is 11.3. The lowest BCUT2D eigenvalue weighted by atomic mass is 9.80. The molecule has 0 aromatic rings. The van der Waals surface area contributed by atoms with Crippen molar-refractivity contribution in [1.29, 1.82) is 0 Å². The third-order valence-corrected chi connectivity index (χ3v) is 2.40. The van der Waals surface area contributed by atoms with Crippen LogP contribution in [0.3, 0.4) is 0 Å². The minimum atomic E-state index is -0.0970. The van der Waals surface area contributed by atoms with Gasteiger partial charge in [-0.1, -0.05) is 27.7 Å². The Labute approximate surface area is 90.6 Å². The van der Waals surface area contributed by atoms with Crippen LogP contribution in [0.2, 0.25) is 0 Å². The van der Waals surface area contributed by atoms with E-state index in [9.17, 15) is 4.79 Å². The molecule has 0 rings (SSSR count). The first-order chi connectivity index (χ1) is 6.23. The van der Waals surface area contributed by atoms with Crippen molar-refractivity contribution in [2.45, 2.75) is 34.1 Å². The van der Waals surface area contributed by atoms with Crippen LogP contribution in [0.25, 0.3) is 0 Å². The minimum Gasteiger partial charge on any atom is -0.375 e. The molecular weight excluding hydrogens is 198 g/mol. The molecule has 0 aliphatic heterocycles. The molecule has 0 saturated carbocycles. The minimum absolute atomic E-state index is 0.0711. The zero-order valence-electron chi connectivity index (χ0n) is 9.18. The first-order valence-electron chi connectivity index (χ1n) is 4.57. The van der Waals surface area contributed by atoms with Crippen molar-refractivity contribution < 1.29 is 4.79 Å². The Bertz CT molecular complexity index is 223. The molecule has 14 heavy (non-hydrogen) atoms. The Kier molecular flexibility index (Phi) is 4.83. The van der Waals surface area contributed by atoms with Crippen LogP contribution in [-0.2, 0) is 4.79 Å². The SMILES string of the molecule is CC(CC(=O)NNC(N)=S)C(C)(C)C. The number of rotatable bonds is 2. The molecule has 0 aliphatic rings. The van der Waals surface area contributed by atoms with Crippen molar-refractivity contribution in [2.24, 2.45) is 17.1 Å². The fourth-order valence-electron chi connectivity index (χ4n) is 0.767. The second kappa shape index (κ2) is 5.14. The first kappa shape index (κ1) is 13.2. The van der Waals surface area contributed by atoms with Crippen molar-refractivity contribution in [2.75, 3.05) is 0 Å². The van der Waals surface area contributed by atoms with Gasteiger partial charge in [0.1, 0.15) is 0 Å². The molecule has 1 unspecified atom stereocenters. The predicted molar refractivity (Wildman–Crippen MR) is 61.3 cm³/mol. The van der Waals surface area contributed by atoms with E-state index in [2.05, 4.69) is 43.8 Å². The summed E-state index contributed by atoms with van der Waals surface area (Å²) in [6.07, 6.45) is 0.457. The third-order valence-electron chi connectivity index (χ3n) is 2.30. The number of amides is 1. The molecule has 4 N–H and O–H groups in total. The van der Waals surface area contributed by atoms with Crippen LogP contribution in [0.4, 0.5) is 0 Å².